The van der Waals surface area contributed by atoms with E-state index in [2.05, 4.69) is 69.4 Å². The number of carbonyl (C=O) groups excluding carboxylic acids is 1. The summed E-state index contributed by atoms with van der Waals surface area (Å²) in [6.45, 7) is 12.0. The van der Waals surface area contributed by atoms with Crippen LogP contribution in [0, 0.1) is 19.3 Å². The van der Waals surface area contributed by atoms with Gasteiger partial charge in [-0.3, -0.25) is 10.3 Å². The number of urea groups is 1. The number of aliphatic hydroxyl groups is 1. The summed E-state index contributed by atoms with van der Waals surface area (Å²) in [6, 6.07) is 21.2. The Kier molecular flexibility index (Phi) is 10.7. The second-order valence-electron chi connectivity index (χ2n) is 13.0. The van der Waals surface area contributed by atoms with Crippen LogP contribution in [0.4, 0.5) is 21.9 Å². The van der Waals surface area contributed by atoms with Crippen LogP contribution < -0.4 is 24.8 Å². The SMILES string of the molecule is Cc1ccc(C2(Cn3cncn3)OCC(COc3ccc(N4CCN(c5ccc(N(C=N)C(=O)NC(C)C(C)O)cc5)CC4)cc3)O2)c(C)c1. The highest BCUT2D eigenvalue weighted by atomic mass is 16.8. The molecule has 2 fully saturated rings. The van der Waals surface area contributed by atoms with Crippen molar-refractivity contribution in [3.63, 3.8) is 0 Å². The Morgan fingerprint density at radius 3 is 2.30 bits per heavy atom. The summed E-state index contributed by atoms with van der Waals surface area (Å²) in [5.41, 5.74) is 6.02. The van der Waals surface area contributed by atoms with Crippen molar-refractivity contribution in [2.24, 2.45) is 0 Å². The first-order chi connectivity index (χ1) is 24.1. The quantitative estimate of drug-likeness (QED) is 0.146. The number of benzene rings is 3. The lowest BCUT2D eigenvalue weighted by Crippen LogP contribution is -2.47. The Morgan fingerprint density at radius 2 is 1.72 bits per heavy atom. The molecule has 3 aromatic carbocycles. The molecule has 4 aromatic rings. The molecule has 0 aliphatic carbocycles. The van der Waals surface area contributed by atoms with Crippen molar-refractivity contribution >= 4 is 29.4 Å². The maximum atomic E-state index is 12.6. The second-order valence-corrected chi connectivity index (χ2v) is 13.0. The average molecular weight is 683 g/mol. The number of amides is 2. The lowest BCUT2D eigenvalue weighted by atomic mass is 9.98. The molecule has 264 valence electrons. The number of piperazine rings is 1. The van der Waals surface area contributed by atoms with E-state index in [1.807, 2.05) is 36.4 Å². The number of aromatic nitrogens is 3. The van der Waals surface area contributed by atoms with Gasteiger partial charge in [0.1, 0.15) is 37.7 Å². The van der Waals surface area contributed by atoms with Gasteiger partial charge in [-0.05, 0) is 81.8 Å². The van der Waals surface area contributed by atoms with Crippen LogP contribution in [0.5, 0.6) is 5.75 Å². The first-order valence-electron chi connectivity index (χ1n) is 17.0. The molecule has 13 heteroatoms. The second kappa shape index (κ2) is 15.3. The molecule has 3 N–H and O–H groups in total. The molecule has 6 rings (SSSR count). The lowest BCUT2D eigenvalue weighted by Gasteiger charge is -2.37. The molecular weight excluding hydrogens is 636 g/mol. The fourth-order valence-corrected chi connectivity index (χ4v) is 6.35. The predicted molar refractivity (Wildman–Crippen MR) is 192 cm³/mol. The van der Waals surface area contributed by atoms with Crippen LogP contribution in [0.2, 0.25) is 0 Å². The van der Waals surface area contributed by atoms with Gasteiger partial charge in [0.05, 0.1) is 30.8 Å². The van der Waals surface area contributed by atoms with Gasteiger partial charge in [0, 0.05) is 43.1 Å². The van der Waals surface area contributed by atoms with Gasteiger partial charge >= 0.3 is 6.03 Å². The molecule has 13 nitrogen and oxygen atoms in total. The number of nitrogens with one attached hydrogen (secondary N) is 2. The molecule has 0 saturated carbocycles. The molecule has 0 radical (unpaired) electrons. The summed E-state index contributed by atoms with van der Waals surface area (Å²) in [5.74, 6) is -0.215. The number of hydrogen-bond donors (Lipinski definition) is 3. The third-order valence-corrected chi connectivity index (χ3v) is 9.32. The lowest BCUT2D eigenvalue weighted by molar-refractivity contribution is -0.191. The fraction of sp³-hybridized carbons (Fsp3) is 0.405. The van der Waals surface area contributed by atoms with Crippen LogP contribution in [0.25, 0.3) is 0 Å². The van der Waals surface area contributed by atoms with Crippen molar-refractivity contribution in [3.8, 4) is 5.75 Å². The molecule has 2 aliphatic rings. The summed E-state index contributed by atoms with van der Waals surface area (Å²) >= 11 is 0. The van der Waals surface area contributed by atoms with Crippen molar-refractivity contribution < 1.29 is 24.1 Å². The minimum atomic E-state index is -0.983. The third-order valence-electron chi connectivity index (χ3n) is 9.32. The number of nitrogens with zero attached hydrogens (tertiary/aromatic N) is 6. The van der Waals surface area contributed by atoms with Crippen LogP contribution in [0.3, 0.4) is 0 Å². The summed E-state index contributed by atoms with van der Waals surface area (Å²) in [7, 11) is 0. The van der Waals surface area contributed by atoms with Crippen LogP contribution in [-0.4, -0.2) is 89.9 Å². The van der Waals surface area contributed by atoms with E-state index in [-0.39, 0.29) is 6.10 Å². The van der Waals surface area contributed by atoms with E-state index in [0.717, 1.165) is 60.8 Å². The predicted octanol–water partition coefficient (Wildman–Crippen LogP) is 4.46. The monoisotopic (exact) mass is 682 g/mol. The Labute approximate surface area is 292 Å². The largest absolute Gasteiger partial charge is 0.491 e. The van der Waals surface area contributed by atoms with Gasteiger partial charge in [-0.2, -0.15) is 5.10 Å². The molecule has 4 unspecified atom stereocenters. The topological polar surface area (TPSA) is 141 Å². The van der Waals surface area contributed by atoms with Gasteiger partial charge in [-0.25, -0.2) is 14.5 Å². The fourth-order valence-electron chi connectivity index (χ4n) is 6.35. The third kappa shape index (κ3) is 7.91. The summed E-state index contributed by atoms with van der Waals surface area (Å²) in [5, 5.41) is 24.4. The molecule has 2 amide bonds. The van der Waals surface area contributed by atoms with Gasteiger partial charge < -0.3 is 34.4 Å². The van der Waals surface area contributed by atoms with Crippen molar-refractivity contribution in [2.75, 3.05) is 54.1 Å². The zero-order chi connectivity index (χ0) is 35.3. The van der Waals surface area contributed by atoms with Gasteiger partial charge in [-0.1, -0.05) is 23.8 Å². The number of aryl methyl sites for hydroxylation is 2. The molecule has 2 aliphatic heterocycles. The van der Waals surface area contributed by atoms with E-state index in [1.165, 1.54) is 16.8 Å². The molecule has 4 atom stereocenters. The first kappa shape index (κ1) is 34.9. The Hall–Kier alpha value is -4.98. The molecule has 50 heavy (non-hydrogen) atoms. The van der Waals surface area contributed by atoms with E-state index in [9.17, 15) is 9.90 Å². The molecule has 0 bridgehead atoms. The maximum absolute atomic E-state index is 12.6. The molecular formula is C37H46N8O5. The van der Waals surface area contributed by atoms with E-state index in [0.29, 0.717) is 25.4 Å². The zero-order valence-corrected chi connectivity index (χ0v) is 29.0. The number of anilines is 3. The molecule has 3 heterocycles. The smallest absolute Gasteiger partial charge is 0.327 e. The number of carbonyl (C=O) groups is 1. The van der Waals surface area contributed by atoms with Gasteiger partial charge in [0.2, 0.25) is 5.79 Å². The van der Waals surface area contributed by atoms with Crippen LogP contribution in [-0.2, 0) is 21.8 Å². The summed E-state index contributed by atoms with van der Waals surface area (Å²) in [4.78, 5) is 22.6. The number of aliphatic hydroxyl groups excluding tert-OH is 1. The number of hydrogen-bond acceptors (Lipinski definition) is 10. The van der Waals surface area contributed by atoms with Crippen molar-refractivity contribution in [2.45, 2.75) is 58.3 Å². The number of rotatable bonds is 12. The first-order valence-corrected chi connectivity index (χ1v) is 17.0. The van der Waals surface area contributed by atoms with Gasteiger partial charge in [0.25, 0.3) is 0 Å². The maximum Gasteiger partial charge on any atom is 0.327 e. The summed E-state index contributed by atoms with van der Waals surface area (Å²) < 4.78 is 20.9. The van der Waals surface area contributed by atoms with Gasteiger partial charge in [-0.15, -0.1) is 0 Å². The van der Waals surface area contributed by atoms with E-state index < -0.39 is 24.0 Å². The minimum absolute atomic E-state index is 0.259. The minimum Gasteiger partial charge on any atom is -0.491 e. The standard InChI is InChI=1S/C37H46N8O5/c1-26-5-14-35(27(2)19-26)37(22-44-25-39-24-40-44)49-21-34(50-37)20-48-33-12-10-31(11-13-33)43-17-15-42(16-18-43)30-6-8-32(9-7-30)45(23-38)36(47)41-28(3)29(4)46/h5-14,19,23-25,28-29,34,38,46H,15-18,20-22H2,1-4H3,(H,41,47). The van der Waals surface area contributed by atoms with Crippen molar-refractivity contribution in [3.05, 3.63) is 96.1 Å². The van der Waals surface area contributed by atoms with E-state index in [1.54, 1.807) is 24.9 Å². The Balaban J connectivity index is 1.00. The highest BCUT2D eigenvalue weighted by molar-refractivity contribution is 6.06. The normalized spacial score (nSPS) is 20.3. The van der Waals surface area contributed by atoms with E-state index in [4.69, 9.17) is 19.6 Å². The number of ether oxygens (including phenoxy) is 3. The average Bonchev–Trinajstić information content (AvgIpc) is 3.79. The Morgan fingerprint density at radius 1 is 1.06 bits per heavy atom. The van der Waals surface area contributed by atoms with Crippen molar-refractivity contribution in [1.29, 1.82) is 5.41 Å². The Bertz CT molecular complexity index is 1730. The highest BCUT2D eigenvalue weighted by Gasteiger charge is 2.45. The zero-order valence-electron chi connectivity index (χ0n) is 29.0. The van der Waals surface area contributed by atoms with Crippen LogP contribution in [0.1, 0.15) is 30.5 Å². The summed E-state index contributed by atoms with van der Waals surface area (Å²) in [6.07, 6.45) is 3.20. The van der Waals surface area contributed by atoms with Crippen LogP contribution >= 0.6 is 0 Å². The molecule has 0 spiro atoms. The van der Waals surface area contributed by atoms with E-state index >= 15 is 0 Å². The molecule has 1 aromatic heterocycles. The van der Waals surface area contributed by atoms with Crippen molar-refractivity contribution in [1.82, 2.24) is 20.1 Å². The van der Waals surface area contributed by atoms with Crippen LogP contribution in [0.15, 0.2) is 79.4 Å². The highest BCUT2D eigenvalue weighted by Crippen LogP contribution is 2.38. The van der Waals surface area contributed by atoms with Gasteiger partial charge in [0.15, 0.2) is 0 Å². The molecule has 2 saturated heterocycles.